The first kappa shape index (κ1) is 16.1. The second kappa shape index (κ2) is 8.26. The van der Waals surface area contributed by atoms with E-state index in [4.69, 9.17) is 11.1 Å². The highest BCUT2D eigenvalue weighted by atomic mass is 16.6. The van der Waals surface area contributed by atoms with E-state index < -0.39 is 10.5 Å². The van der Waals surface area contributed by atoms with E-state index in [-0.39, 0.29) is 25.9 Å². The molecular formula is C11H14N8O2. The van der Waals surface area contributed by atoms with Crippen molar-refractivity contribution in [3.05, 3.63) is 67.2 Å². The average Bonchev–Trinajstić information content (AvgIpc) is 2.75. The van der Waals surface area contributed by atoms with Crippen LogP contribution in [0.15, 0.2) is 46.4 Å². The topological polar surface area (TPSA) is 153 Å². The first-order valence-electron chi connectivity index (χ1n) is 6.14. The maximum absolute atomic E-state index is 11.6. The van der Waals surface area contributed by atoms with Crippen molar-refractivity contribution in [3.8, 4) is 0 Å². The number of nitrogens with zero attached hydrogens (tertiary/aromatic N) is 7. The lowest BCUT2D eigenvalue weighted by Crippen LogP contribution is -2.45. The summed E-state index contributed by atoms with van der Waals surface area (Å²) >= 11 is 0. The molecule has 10 heteroatoms. The van der Waals surface area contributed by atoms with Crippen LogP contribution < -0.4 is 5.32 Å². The Balaban J connectivity index is 3.14. The molecule has 0 saturated carbocycles. The minimum absolute atomic E-state index is 0.00548. The summed E-state index contributed by atoms with van der Waals surface area (Å²) in [7, 11) is 0. The molecule has 0 bridgehead atoms. The molecule has 1 aliphatic heterocycles. The van der Waals surface area contributed by atoms with Gasteiger partial charge >= 0.3 is 0 Å². The van der Waals surface area contributed by atoms with Crippen molar-refractivity contribution < 1.29 is 4.92 Å². The maximum atomic E-state index is 11.6. The van der Waals surface area contributed by atoms with E-state index in [2.05, 4.69) is 25.4 Å². The fourth-order valence-corrected chi connectivity index (χ4v) is 1.98. The van der Waals surface area contributed by atoms with Crippen molar-refractivity contribution in [2.75, 3.05) is 13.1 Å². The molecular weight excluding hydrogens is 276 g/mol. The highest BCUT2D eigenvalue weighted by molar-refractivity contribution is 5.27. The molecule has 0 aliphatic carbocycles. The van der Waals surface area contributed by atoms with Gasteiger partial charge in [-0.2, -0.15) is 0 Å². The van der Waals surface area contributed by atoms with Gasteiger partial charge in [-0.05, 0) is 23.2 Å². The van der Waals surface area contributed by atoms with Crippen molar-refractivity contribution in [2.45, 2.75) is 18.4 Å². The minimum Gasteiger partial charge on any atom is -0.359 e. The van der Waals surface area contributed by atoms with Gasteiger partial charge in [0.15, 0.2) is 0 Å². The summed E-state index contributed by atoms with van der Waals surface area (Å²) in [4.78, 5) is 16.4. The van der Waals surface area contributed by atoms with E-state index in [1.54, 1.807) is 30.5 Å². The molecule has 0 atom stereocenters. The Labute approximate surface area is 120 Å². The third-order valence-corrected chi connectivity index (χ3v) is 3.05. The minimum atomic E-state index is -1.50. The number of hydrogen-bond donors (Lipinski definition) is 1. The maximum Gasteiger partial charge on any atom is 0.261 e. The average molecular weight is 290 g/mol. The molecule has 0 aromatic rings. The van der Waals surface area contributed by atoms with Gasteiger partial charge in [0.2, 0.25) is 0 Å². The monoisotopic (exact) mass is 290 g/mol. The van der Waals surface area contributed by atoms with Crippen LogP contribution in [0.3, 0.4) is 0 Å². The molecule has 1 rings (SSSR count). The molecule has 0 radical (unpaired) electrons. The third-order valence-electron chi connectivity index (χ3n) is 3.05. The van der Waals surface area contributed by atoms with Crippen LogP contribution in [-0.4, -0.2) is 23.6 Å². The van der Waals surface area contributed by atoms with Crippen LogP contribution in [0, 0.1) is 10.1 Å². The smallest absolute Gasteiger partial charge is 0.261 e. The van der Waals surface area contributed by atoms with Gasteiger partial charge in [0.1, 0.15) is 0 Å². The summed E-state index contributed by atoms with van der Waals surface area (Å²) in [6, 6.07) is 0. The lowest BCUT2D eigenvalue weighted by Gasteiger charge is -2.26. The Hall–Kier alpha value is -2.96. The standard InChI is InChI=1S/C11H14N8O2/c12-17-15-8-5-11(19(20)21,6-9-16-18-13)10-4-2-1-3-7-14-10/h1-4,7,14H,5-6,8-9H2. The van der Waals surface area contributed by atoms with Gasteiger partial charge in [-0.3, -0.25) is 10.1 Å². The molecule has 0 aromatic heterocycles. The second-order valence-corrected chi connectivity index (χ2v) is 4.17. The molecule has 0 fully saturated rings. The van der Waals surface area contributed by atoms with Crippen LogP contribution in [-0.2, 0) is 0 Å². The Morgan fingerprint density at radius 3 is 2.33 bits per heavy atom. The summed E-state index contributed by atoms with van der Waals surface area (Å²) in [5.74, 6) is 0. The van der Waals surface area contributed by atoms with Crippen molar-refractivity contribution >= 4 is 0 Å². The third kappa shape index (κ3) is 4.27. The summed E-state index contributed by atoms with van der Waals surface area (Å²) in [5, 5.41) is 21.2. The van der Waals surface area contributed by atoms with Crippen LogP contribution in [0.2, 0.25) is 0 Å². The van der Waals surface area contributed by atoms with E-state index in [0.29, 0.717) is 5.70 Å². The molecule has 1 heterocycles. The summed E-state index contributed by atoms with van der Waals surface area (Å²) in [6.45, 7) is -0.0552. The van der Waals surface area contributed by atoms with E-state index in [0.717, 1.165) is 0 Å². The summed E-state index contributed by atoms with van der Waals surface area (Å²) < 4.78 is 0. The van der Waals surface area contributed by atoms with Gasteiger partial charge in [-0.15, -0.1) is 0 Å². The molecule has 10 nitrogen and oxygen atoms in total. The molecule has 0 aromatic carbocycles. The zero-order valence-electron chi connectivity index (χ0n) is 11.2. The zero-order chi connectivity index (χ0) is 15.6. The highest BCUT2D eigenvalue weighted by Crippen LogP contribution is 2.29. The number of hydrogen-bond acceptors (Lipinski definition) is 5. The molecule has 0 unspecified atom stereocenters. The number of nitrogens with one attached hydrogen (secondary N) is 1. The van der Waals surface area contributed by atoms with Gasteiger partial charge in [0, 0.05) is 46.9 Å². The quantitative estimate of drug-likeness (QED) is 0.240. The fraction of sp³-hybridized carbons (Fsp3) is 0.455. The first-order valence-corrected chi connectivity index (χ1v) is 6.14. The van der Waals surface area contributed by atoms with E-state index >= 15 is 0 Å². The summed E-state index contributed by atoms with van der Waals surface area (Å²) in [6.07, 6.45) is 8.28. The van der Waals surface area contributed by atoms with Gasteiger partial charge in [-0.1, -0.05) is 22.4 Å². The first-order chi connectivity index (χ1) is 10.2. The van der Waals surface area contributed by atoms with Gasteiger partial charge in [0.25, 0.3) is 5.54 Å². The summed E-state index contributed by atoms with van der Waals surface area (Å²) in [5.41, 5.74) is 15.5. The van der Waals surface area contributed by atoms with Crippen LogP contribution in [0.1, 0.15) is 12.8 Å². The second-order valence-electron chi connectivity index (χ2n) is 4.17. The van der Waals surface area contributed by atoms with Crippen LogP contribution in [0.5, 0.6) is 0 Å². The van der Waals surface area contributed by atoms with Crippen molar-refractivity contribution in [1.82, 2.24) is 5.32 Å². The molecule has 0 amide bonds. The van der Waals surface area contributed by atoms with Gasteiger partial charge < -0.3 is 5.32 Å². The molecule has 1 aliphatic rings. The van der Waals surface area contributed by atoms with Crippen molar-refractivity contribution in [1.29, 1.82) is 0 Å². The Kier molecular flexibility index (Phi) is 6.33. The Bertz CT molecular complexity index is 545. The lowest BCUT2D eigenvalue weighted by atomic mass is 9.87. The van der Waals surface area contributed by atoms with Crippen LogP contribution >= 0.6 is 0 Å². The number of rotatable bonds is 8. The predicted octanol–water partition coefficient (Wildman–Crippen LogP) is 2.96. The van der Waals surface area contributed by atoms with Crippen molar-refractivity contribution in [3.63, 3.8) is 0 Å². The molecule has 110 valence electrons. The number of azide groups is 2. The molecule has 1 N–H and O–H groups in total. The lowest BCUT2D eigenvalue weighted by molar-refractivity contribution is -0.560. The van der Waals surface area contributed by atoms with Crippen molar-refractivity contribution in [2.24, 2.45) is 10.2 Å². The van der Waals surface area contributed by atoms with Crippen LogP contribution in [0.25, 0.3) is 20.9 Å². The molecule has 0 saturated heterocycles. The SMILES string of the molecule is [N-]=[N+]=NCCC(CCN=[N+]=[N-])(C1=CC=CC=CN1)[N+](=O)[O-]. The predicted molar refractivity (Wildman–Crippen MR) is 76.5 cm³/mol. The Morgan fingerprint density at radius 2 is 1.81 bits per heavy atom. The normalized spacial score (nSPS) is 15.5. The van der Waals surface area contributed by atoms with E-state index in [9.17, 15) is 10.1 Å². The molecule has 0 spiro atoms. The number of allylic oxidation sites excluding steroid dienone is 4. The van der Waals surface area contributed by atoms with E-state index in [1.807, 2.05) is 0 Å². The fourth-order valence-electron chi connectivity index (χ4n) is 1.98. The largest absolute Gasteiger partial charge is 0.359 e. The highest BCUT2D eigenvalue weighted by Gasteiger charge is 2.45. The van der Waals surface area contributed by atoms with Gasteiger partial charge in [-0.25, -0.2) is 0 Å². The molecule has 21 heavy (non-hydrogen) atoms. The number of nitro groups is 1. The van der Waals surface area contributed by atoms with E-state index in [1.165, 1.54) is 0 Å². The zero-order valence-corrected chi connectivity index (χ0v) is 11.2. The van der Waals surface area contributed by atoms with Crippen LogP contribution in [0.4, 0.5) is 0 Å². The Morgan fingerprint density at radius 1 is 1.19 bits per heavy atom. The van der Waals surface area contributed by atoms with Gasteiger partial charge in [0.05, 0.1) is 5.70 Å².